The first-order valence-corrected chi connectivity index (χ1v) is 27.7. The van der Waals surface area contributed by atoms with E-state index in [0.29, 0.717) is 24.0 Å². The molecule has 1 heterocycles. The van der Waals surface area contributed by atoms with Crippen LogP contribution in [0.25, 0.3) is 21.7 Å². The number of unbranched alkanes of at least 4 members (excludes halogenated alkanes) is 1. The minimum atomic E-state index is -1.38. The summed E-state index contributed by atoms with van der Waals surface area (Å²) in [4.78, 5) is 114. The number of amides is 8. The van der Waals surface area contributed by atoms with Crippen molar-refractivity contribution in [2.24, 2.45) is 17.2 Å². The standard InChI is InChI=1S/C58H71N11O9S2/c1-2-43(53(73)69-50(33-80)57(77)65-46(51(61)71)29-36-19-22-37-14-6-7-15-38(37)26-36)63-54(74)45(18-10-11-25-59)64-56(76)48(30-39-31-62-44-17-9-8-16-41(39)44)67-55(75)47(28-35-20-23-40(70)24-21-35)66-58(78)49(32-79)68-52(72)42(60)27-34-12-4-3-5-13-34/h3-9,12-17,19-24,26,31,42-43,45-50,62,70,79-80H,2,10-11,18,25,27-30,32-33,59-60H2,1H3,(H2,61,71)(H,63,74)(H,64,76)(H,65,77)(H,66,78)(H,67,75)(H,68,72)(H,69,73)/t42-,43+,45+,46+,47+,48-,49+,50+/m1/s1. The molecule has 0 saturated carbocycles. The zero-order chi connectivity index (χ0) is 57.7. The number of fused-ring (bicyclic) bond motifs is 2. The molecule has 8 atom stereocenters. The fraction of sp³-hybridized carbons (Fsp3) is 0.345. The van der Waals surface area contributed by atoms with Crippen LogP contribution < -0.4 is 54.4 Å². The first-order valence-electron chi connectivity index (χ1n) is 26.4. The Labute approximate surface area is 475 Å². The average molecular weight is 1130 g/mol. The smallest absolute Gasteiger partial charge is 0.244 e. The van der Waals surface area contributed by atoms with E-state index in [-0.39, 0.29) is 62.3 Å². The maximum Gasteiger partial charge on any atom is 0.244 e. The van der Waals surface area contributed by atoms with Gasteiger partial charge in [0, 0.05) is 47.9 Å². The van der Waals surface area contributed by atoms with Crippen LogP contribution in [-0.4, -0.2) is 124 Å². The van der Waals surface area contributed by atoms with E-state index in [1.54, 1.807) is 25.3 Å². The van der Waals surface area contributed by atoms with E-state index < -0.39 is 95.6 Å². The van der Waals surface area contributed by atoms with Gasteiger partial charge in [0.05, 0.1) is 6.04 Å². The van der Waals surface area contributed by atoms with Crippen molar-refractivity contribution in [2.45, 2.75) is 107 Å². The molecule has 0 spiro atoms. The Morgan fingerprint density at radius 3 is 1.64 bits per heavy atom. The van der Waals surface area contributed by atoms with Crippen LogP contribution in [0, 0.1) is 0 Å². The second-order valence-electron chi connectivity index (χ2n) is 19.5. The molecule has 6 aromatic rings. The number of aromatic hydroxyl groups is 1. The molecule has 0 aliphatic rings. The fourth-order valence-electron chi connectivity index (χ4n) is 9.01. The molecular formula is C58H71N11O9S2. The number of thiol groups is 2. The summed E-state index contributed by atoms with van der Waals surface area (Å²) in [6.45, 7) is 1.92. The molecule has 20 nitrogen and oxygen atoms in total. The van der Waals surface area contributed by atoms with Crippen molar-refractivity contribution in [1.82, 2.24) is 42.2 Å². The number of nitrogens with one attached hydrogen (secondary N) is 8. The largest absolute Gasteiger partial charge is 0.508 e. The molecule has 0 fully saturated rings. The molecule has 8 amide bonds. The van der Waals surface area contributed by atoms with Crippen LogP contribution in [0.4, 0.5) is 0 Å². The number of rotatable bonds is 30. The van der Waals surface area contributed by atoms with Gasteiger partial charge in [-0.1, -0.05) is 110 Å². The Morgan fingerprint density at radius 2 is 1.00 bits per heavy atom. The molecule has 0 radical (unpaired) electrons. The number of para-hydroxylation sites is 1. The summed E-state index contributed by atoms with van der Waals surface area (Å²) in [6.07, 6.45) is 2.72. The third-order valence-corrected chi connectivity index (χ3v) is 14.3. The highest BCUT2D eigenvalue weighted by atomic mass is 32.1. The van der Waals surface area contributed by atoms with Gasteiger partial charge >= 0.3 is 0 Å². The highest BCUT2D eigenvalue weighted by Gasteiger charge is 2.34. The first-order chi connectivity index (χ1) is 38.5. The van der Waals surface area contributed by atoms with E-state index in [4.69, 9.17) is 17.2 Å². The molecule has 424 valence electrons. The van der Waals surface area contributed by atoms with Gasteiger partial charge in [0.2, 0.25) is 47.3 Å². The Morgan fingerprint density at radius 1 is 0.512 bits per heavy atom. The zero-order valence-electron chi connectivity index (χ0n) is 44.4. The normalized spacial score (nSPS) is 14.2. The molecule has 0 aliphatic carbocycles. The number of aromatic nitrogens is 1. The maximum absolute atomic E-state index is 14.8. The minimum absolute atomic E-state index is 0.0387. The lowest BCUT2D eigenvalue weighted by Crippen LogP contribution is -2.61. The summed E-state index contributed by atoms with van der Waals surface area (Å²) in [5, 5.41) is 31.7. The SMILES string of the molecule is CC[C@H](NC(=O)[C@H](CCCCN)NC(=O)[C@@H](Cc1c[nH]c2ccccc12)NC(=O)[C@H](Cc1ccc(O)cc1)NC(=O)[C@H](CS)NC(=O)[C@H](N)Cc1ccccc1)C(=O)N[C@@H](CS)C(=O)N[C@@H](Cc1ccc2ccccc2c1)C(N)=O. The Balaban J connectivity index is 1.19. The summed E-state index contributed by atoms with van der Waals surface area (Å²) in [7, 11) is 0. The molecule has 0 aliphatic heterocycles. The predicted octanol–water partition coefficient (Wildman–Crippen LogP) is 1.90. The van der Waals surface area contributed by atoms with Crippen LogP contribution in [-0.2, 0) is 64.0 Å². The zero-order valence-corrected chi connectivity index (χ0v) is 46.1. The van der Waals surface area contributed by atoms with Gasteiger partial charge in [-0.25, -0.2) is 0 Å². The van der Waals surface area contributed by atoms with E-state index in [0.717, 1.165) is 32.8 Å². The lowest BCUT2D eigenvalue weighted by Gasteiger charge is -2.28. The Kier molecular flexibility index (Phi) is 23.3. The quantitative estimate of drug-likeness (QED) is 0.0228. The van der Waals surface area contributed by atoms with Gasteiger partial charge in [0.15, 0.2) is 0 Å². The van der Waals surface area contributed by atoms with Crippen LogP contribution in [0.3, 0.4) is 0 Å². The lowest BCUT2D eigenvalue weighted by atomic mass is 10.0. The van der Waals surface area contributed by atoms with Gasteiger partial charge < -0.3 is 64.5 Å². The van der Waals surface area contributed by atoms with Gasteiger partial charge in [-0.05, 0) is 89.9 Å². The van der Waals surface area contributed by atoms with Gasteiger partial charge in [-0.2, -0.15) is 25.3 Å². The van der Waals surface area contributed by atoms with E-state index in [1.807, 2.05) is 97.1 Å². The molecule has 1 aromatic heterocycles. The number of H-pyrrole nitrogens is 1. The Hall–Kier alpha value is -7.92. The topological polar surface area (TPSA) is 335 Å². The summed E-state index contributed by atoms with van der Waals surface area (Å²) in [5.74, 6) is -6.37. The number of aromatic amines is 1. The van der Waals surface area contributed by atoms with Gasteiger partial charge in [-0.15, -0.1) is 0 Å². The second-order valence-corrected chi connectivity index (χ2v) is 20.2. The number of hydrogen-bond donors (Lipinski definition) is 14. The predicted molar refractivity (Wildman–Crippen MR) is 313 cm³/mol. The molecule has 0 bridgehead atoms. The number of nitrogens with two attached hydrogens (primary N) is 3. The van der Waals surface area contributed by atoms with Crippen molar-refractivity contribution in [1.29, 1.82) is 0 Å². The molecule has 80 heavy (non-hydrogen) atoms. The molecule has 15 N–H and O–H groups in total. The third kappa shape index (κ3) is 17.8. The van der Waals surface area contributed by atoms with Gasteiger partial charge in [0.25, 0.3) is 0 Å². The van der Waals surface area contributed by atoms with Crippen molar-refractivity contribution in [3.63, 3.8) is 0 Å². The summed E-state index contributed by atoms with van der Waals surface area (Å²) in [6, 6.07) is 25.8. The number of phenols is 1. The summed E-state index contributed by atoms with van der Waals surface area (Å²) in [5.41, 5.74) is 21.3. The third-order valence-electron chi connectivity index (χ3n) is 13.5. The van der Waals surface area contributed by atoms with Crippen molar-refractivity contribution in [3.8, 4) is 5.75 Å². The highest BCUT2D eigenvalue weighted by molar-refractivity contribution is 7.80. The van der Waals surface area contributed by atoms with E-state index in [9.17, 15) is 43.5 Å². The molecule has 6 rings (SSSR count). The van der Waals surface area contributed by atoms with E-state index >= 15 is 0 Å². The van der Waals surface area contributed by atoms with Gasteiger partial charge in [0.1, 0.15) is 48.0 Å². The molecule has 22 heteroatoms. The number of primary amides is 1. The number of phenolic OH excluding ortho intramolecular Hbond substituents is 1. The average Bonchev–Trinajstić information content (AvgIpc) is 3.88. The van der Waals surface area contributed by atoms with Crippen molar-refractivity contribution >= 4 is 94.2 Å². The highest BCUT2D eigenvalue weighted by Crippen LogP contribution is 2.21. The Bertz CT molecular complexity index is 3090. The van der Waals surface area contributed by atoms with Crippen LogP contribution in [0.2, 0.25) is 0 Å². The number of benzene rings is 5. The summed E-state index contributed by atoms with van der Waals surface area (Å²) >= 11 is 8.63. The number of carbonyl (C=O) groups excluding carboxylic acids is 8. The second kappa shape index (κ2) is 30.4. The molecule has 0 saturated heterocycles. The first kappa shape index (κ1) is 61.3. The molecule has 0 unspecified atom stereocenters. The van der Waals surface area contributed by atoms with Crippen LogP contribution in [0.1, 0.15) is 54.9 Å². The molecular weight excluding hydrogens is 1060 g/mol. The van der Waals surface area contributed by atoms with E-state index in [2.05, 4.69) is 67.5 Å². The monoisotopic (exact) mass is 1130 g/mol. The van der Waals surface area contributed by atoms with Crippen molar-refractivity contribution in [2.75, 3.05) is 18.1 Å². The fourth-order valence-corrected chi connectivity index (χ4v) is 9.52. The van der Waals surface area contributed by atoms with Crippen molar-refractivity contribution in [3.05, 3.63) is 150 Å². The lowest BCUT2D eigenvalue weighted by molar-refractivity contribution is -0.135. The van der Waals surface area contributed by atoms with E-state index in [1.165, 1.54) is 12.1 Å². The van der Waals surface area contributed by atoms with Crippen molar-refractivity contribution < 1.29 is 43.5 Å². The maximum atomic E-state index is 14.8. The van der Waals surface area contributed by atoms with Gasteiger partial charge in [-0.3, -0.25) is 38.4 Å². The minimum Gasteiger partial charge on any atom is -0.508 e. The van der Waals surface area contributed by atoms with Crippen LogP contribution >= 0.6 is 25.3 Å². The number of carbonyl (C=O) groups is 8. The summed E-state index contributed by atoms with van der Waals surface area (Å²) < 4.78 is 0. The molecule has 5 aromatic carbocycles. The van der Waals surface area contributed by atoms with Crippen LogP contribution in [0.15, 0.2) is 128 Å². The number of hydrogen-bond acceptors (Lipinski definition) is 13. The van der Waals surface area contributed by atoms with Crippen LogP contribution in [0.5, 0.6) is 5.75 Å².